The molecular weight excluding hydrogens is 342 g/mol. The Morgan fingerprint density at radius 3 is 2.50 bits per heavy atom. The molecule has 0 unspecified atom stereocenters. The van der Waals surface area contributed by atoms with Crippen molar-refractivity contribution < 1.29 is 4.79 Å². The van der Waals surface area contributed by atoms with Crippen LogP contribution in [0.15, 0.2) is 36.4 Å². The quantitative estimate of drug-likeness (QED) is 0.669. The van der Waals surface area contributed by atoms with E-state index in [1.54, 1.807) is 11.3 Å². The van der Waals surface area contributed by atoms with Gasteiger partial charge in [0.1, 0.15) is 0 Å². The van der Waals surface area contributed by atoms with Gasteiger partial charge in [0.2, 0.25) is 0 Å². The maximum absolute atomic E-state index is 13.4. The zero-order valence-corrected chi connectivity index (χ0v) is 16.9. The van der Waals surface area contributed by atoms with Gasteiger partial charge in [-0.2, -0.15) is 0 Å². The minimum atomic E-state index is 0.0183. The van der Waals surface area contributed by atoms with Crippen LogP contribution < -0.4 is 4.90 Å². The molecule has 0 radical (unpaired) electrons. The zero-order chi connectivity index (χ0) is 18.8. The standard InChI is InChI=1S/C21H25N3OS/c1-14-9-10-15(2)17(13-14)20(25)24(12-11-23(4)5)21-22-19-16(3)7-6-8-18(19)26-21/h6-10,13H,11-12H2,1-5H3. The van der Waals surface area contributed by atoms with Gasteiger partial charge in [-0.1, -0.05) is 41.2 Å². The van der Waals surface area contributed by atoms with Gasteiger partial charge in [0.15, 0.2) is 5.13 Å². The number of aryl methyl sites for hydroxylation is 3. The average molecular weight is 368 g/mol. The number of amides is 1. The summed E-state index contributed by atoms with van der Waals surface area (Å²) in [4.78, 5) is 22.1. The fourth-order valence-electron chi connectivity index (χ4n) is 2.89. The van der Waals surface area contributed by atoms with Crippen molar-refractivity contribution in [3.05, 3.63) is 58.7 Å². The van der Waals surface area contributed by atoms with Gasteiger partial charge in [0.05, 0.1) is 10.2 Å². The highest BCUT2D eigenvalue weighted by Crippen LogP contribution is 2.31. The van der Waals surface area contributed by atoms with E-state index in [0.717, 1.165) is 44.1 Å². The maximum Gasteiger partial charge on any atom is 0.260 e. The summed E-state index contributed by atoms with van der Waals surface area (Å²) in [6, 6.07) is 12.2. The van der Waals surface area contributed by atoms with E-state index in [9.17, 15) is 4.79 Å². The number of rotatable bonds is 5. The van der Waals surface area contributed by atoms with Crippen molar-refractivity contribution in [2.75, 3.05) is 32.1 Å². The smallest absolute Gasteiger partial charge is 0.260 e. The number of carbonyl (C=O) groups is 1. The van der Waals surface area contributed by atoms with E-state index in [1.807, 2.05) is 57.1 Å². The minimum Gasteiger partial charge on any atom is -0.308 e. The number of hydrogen-bond acceptors (Lipinski definition) is 4. The normalized spacial score (nSPS) is 11.3. The minimum absolute atomic E-state index is 0.0183. The molecule has 0 N–H and O–H groups in total. The van der Waals surface area contributed by atoms with Crippen molar-refractivity contribution in [3.63, 3.8) is 0 Å². The molecule has 3 rings (SSSR count). The molecule has 4 nitrogen and oxygen atoms in total. The van der Waals surface area contributed by atoms with Gasteiger partial charge in [-0.15, -0.1) is 0 Å². The van der Waals surface area contributed by atoms with E-state index in [2.05, 4.69) is 24.0 Å². The van der Waals surface area contributed by atoms with Crippen molar-refractivity contribution in [2.24, 2.45) is 0 Å². The van der Waals surface area contributed by atoms with Crippen LogP contribution in [0.25, 0.3) is 10.2 Å². The van der Waals surface area contributed by atoms with Crippen molar-refractivity contribution in [1.82, 2.24) is 9.88 Å². The Balaban J connectivity index is 2.04. The Morgan fingerprint density at radius 1 is 1.04 bits per heavy atom. The third-order valence-corrected chi connectivity index (χ3v) is 5.52. The van der Waals surface area contributed by atoms with Gasteiger partial charge in [0, 0.05) is 18.7 Å². The number of anilines is 1. The number of fused-ring (bicyclic) bond motifs is 1. The Morgan fingerprint density at radius 2 is 1.81 bits per heavy atom. The van der Waals surface area contributed by atoms with E-state index in [0.29, 0.717) is 6.54 Å². The maximum atomic E-state index is 13.4. The topological polar surface area (TPSA) is 36.4 Å². The van der Waals surface area contributed by atoms with Crippen LogP contribution in [-0.2, 0) is 0 Å². The van der Waals surface area contributed by atoms with E-state index in [-0.39, 0.29) is 5.91 Å². The van der Waals surface area contributed by atoms with Crippen LogP contribution in [-0.4, -0.2) is 43.0 Å². The Labute approximate surface area is 159 Å². The first kappa shape index (κ1) is 18.5. The van der Waals surface area contributed by atoms with Crippen LogP contribution in [0.5, 0.6) is 0 Å². The number of para-hydroxylation sites is 1. The number of thiazole rings is 1. The summed E-state index contributed by atoms with van der Waals surface area (Å²) in [5, 5.41) is 0.766. The lowest BCUT2D eigenvalue weighted by molar-refractivity contribution is 0.0984. The van der Waals surface area contributed by atoms with Crippen molar-refractivity contribution >= 4 is 32.6 Å². The van der Waals surface area contributed by atoms with Gasteiger partial charge < -0.3 is 4.90 Å². The predicted octanol–water partition coefficient (Wildman–Crippen LogP) is 4.43. The molecule has 0 aliphatic carbocycles. The summed E-state index contributed by atoms with van der Waals surface area (Å²) >= 11 is 1.58. The highest BCUT2D eigenvalue weighted by Gasteiger charge is 2.23. The lowest BCUT2D eigenvalue weighted by Crippen LogP contribution is -2.37. The molecule has 0 atom stereocenters. The van der Waals surface area contributed by atoms with Crippen molar-refractivity contribution in [3.8, 4) is 0 Å². The Bertz CT molecular complexity index is 946. The molecule has 0 saturated heterocycles. The molecule has 26 heavy (non-hydrogen) atoms. The SMILES string of the molecule is Cc1ccc(C)c(C(=O)N(CCN(C)C)c2nc3c(C)cccc3s2)c1. The molecule has 0 spiro atoms. The van der Waals surface area contributed by atoms with E-state index < -0.39 is 0 Å². The highest BCUT2D eigenvalue weighted by molar-refractivity contribution is 7.22. The number of benzene rings is 2. The number of aromatic nitrogens is 1. The fraction of sp³-hybridized carbons (Fsp3) is 0.333. The van der Waals surface area contributed by atoms with E-state index in [1.165, 1.54) is 0 Å². The lowest BCUT2D eigenvalue weighted by Gasteiger charge is -2.23. The fourth-order valence-corrected chi connectivity index (χ4v) is 3.95. The second kappa shape index (κ2) is 7.56. The number of carbonyl (C=O) groups excluding carboxylic acids is 1. The van der Waals surface area contributed by atoms with Crippen LogP contribution in [0.2, 0.25) is 0 Å². The first-order valence-corrected chi connectivity index (χ1v) is 9.58. The van der Waals surface area contributed by atoms with Gasteiger partial charge in [-0.25, -0.2) is 4.98 Å². The molecule has 3 aromatic rings. The number of nitrogens with zero attached hydrogens (tertiary/aromatic N) is 3. The lowest BCUT2D eigenvalue weighted by atomic mass is 10.0. The molecule has 5 heteroatoms. The monoisotopic (exact) mass is 367 g/mol. The number of likely N-dealkylation sites (N-methyl/N-ethyl adjacent to an activating group) is 1. The summed E-state index contributed by atoms with van der Waals surface area (Å²) in [5.74, 6) is 0.0183. The summed E-state index contributed by atoms with van der Waals surface area (Å²) in [6.07, 6.45) is 0. The van der Waals surface area contributed by atoms with Gasteiger partial charge in [-0.3, -0.25) is 9.69 Å². The molecule has 1 heterocycles. The molecule has 2 aromatic carbocycles. The van der Waals surface area contributed by atoms with E-state index in [4.69, 9.17) is 4.98 Å². The molecule has 1 aromatic heterocycles. The average Bonchev–Trinajstić information content (AvgIpc) is 3.02. The van der Waals surface area contributed by atoms with Crippen LogP contribution >= 0.6 is 11.3 Å². The van der Waals surface area contributed by atoms with Gasteiger partial charge >= 0.3 is 0 Å². The van der Waals surface area contributed by atoms with Gasteiger partial charge in [0.25, 0.3) is 5.91 Å². The molecule has 0 aliphatic rings. The largest absolute Gasteiger partial charge is 0.308 e. The highest BCUT2D eigenvalue weighted by atomic mass is 32.1. The zero-order valence-electron chi connectivity index (χ0n) is 16.0. The second-order valence-electron chi connectivity index (χ2n) is 7.00. The first-order valence-electron chi connectivity index (χ1n) is 8.77. The van der Waals surface area contributed by atoms with Crippen LogP contribution in [0.3, 0.4) is 0 Å². The molecule has 0 saturated carbocycles. The molecule has 0 fully saturated rings. The molecular formula is C21H25N3OS. The molecule has 0 bridgehead atoms. The first-order chi connectivity index (χ1) is 12.4. The van der Waals surface area contributed by atoms with Crippen LogP contribution in [0.1, 0.15) is 27.0 Å². The third kappa shape index (κ3) is 3.79. The summed E-state index contributed by atoms with van der Waals surface area (Å²) in [5.41, 5.74) is 4.95. The molecule has 1 amide bonds. The van der Waals surface area contributed by atoms with Crippen molar-refractivity contribution in [2.45, 2.75) is 20.8 Å². The summed E-state index contributed by atoms with van der Waals surface area (Å²) < 4.78 is 1.11. The predicted molar refractivity (Wildman–Crippen MR) is 111 cm³/mol. The van der Waals surface area contributed by atoms with Crippen LogP contribution in [0, 0.1) is 20.8 Å². The second-order valence-corrected chi connectivity index (χ2v) is 8.01. The summed E-state index contributed by atoms with van der Waals surface area (Å²) in [6.45, 7) is 7.45. The Hall–Kier alpha value is -2.24. The van der Waals surface area contributed by atoms with Crippen LogP contribution in [0.4, 0.5) is 5.13 Å². The summed E-state index contributed by atoms with van der Waals surface area (Å²) in [7, 11) is 4.03. The van der Waals surface area contributed by atoms with Crippen molar-refractivity contribution in [1.29, 1.82) is 0 Å². The van der Waals surface area contributed by atoms with E-state index >= 15 is 0 Å². The third-order valence-electron chi connectivity index (χ3n) is 4.48. The Kier molecular flexibility index (Phi) is 5.39. The molecule has 0 aliphatic heterocycles. The van der Waals surface area contributed by atoms with Gasteiger partial charge in [-0.05, 0) is 58.1 Å². The number of hydrogen-bond donors (Lipinski definition) is 0. The molecule has 136 valence electrons.